The third kappa shape index (κ3) is 2.67. The van der Waals surface area contributed by atoms with E-state index in [2.05, 4.69) is 19.7 Å². The molecule has 1 radical (unpaired) electrons. The first-order valence-electron chi connectivity index (χ1n) is 5.24. The predicted octanol–water partition coefficient (Wildman–Crippen LogP) is 3.06. The molecule has 0 saturated heterocycles. The Morgan fingerprint density at radius 3 is 1.69 bits per heavy atom. The zero-order chi connectivity index (χ0) is 12.7. The first-order valence-corrected chi connectivity index (χ1v) is 7.86. The van der Waals surface area contributed by atoms with Gasteiger partial charge in [0.2, 0.25) is 6.29 Å². The summed E-state index contributed by atoms with van der Waals surface area (Å²) in [5, 5.41) is -1.01. The number of rotatable bonds is 9. The van der Waals surface area contributed by atoms with Gasteiger partial charge in [0.05, 0.1) is 13.1 Å². The smallest absolute Gasteiger partial charge is 0.209 e. The van der Waals surface area contributed by atoms with E-state index in [4.69, 9.17) is 0 Å². The van der Waals surface area contributed by atoms with E-state index in [1.54, 1.807) is 25.2 Å². The Bertz CT molecular complexity index is 260. The second-order valence-corrected chi connectivity index (χ2v) is 9.01. The van der Waals surface area contributed by atoms with Gasteiger partial charge < -0.3 is 4.79 Å². The highest BCUT2D eigenvalue weighted by molar-refractivity contribution is 6.88. The Morgan fingerprint density at radius 1 is 1.12 bits per heavy atom. The fraction of sp³-hybridized carbons (Fsp3) is 0.385. The third-order valence-electron chi connectivity index (χ3n) is 3.15. The van der Waals surface area contributed by atoms with E-state index in [0.717, 1.165) is 6.29 Å². The van der Waals surface area contributed by atoms with Gasteiger partial charge in [0.15, 0.2) is 0 Å². The highest BCUT2D eigenvalue weighted by atomic mass is 28.3. The molecule has 0 aliphatic rings. The maximum atomic E-state index is 11.2. The van der Waals surface area contributed by atoms with Crippen LogP contribution in [0.15, 0.2) is 38.0 Å². The van der Waals surface area contributed by atoms with Crippen molar-refractivity contribution in [2.24, 2.45) is 0 Å². The predicted molar refractivity (Wildman–Crippen MR) is 70.9 cm³/mol. The third-order valence-corrected chi connectivity index (χ3v) is 8.79. The number of hydrogen-bond acceptors (Lipinski definition) is 2. The Morgan fingerprint density at radius 2 is 1.50 bits per heavy atom. The molecule has 16 heavy (non-hydrogen) atoms. The molecular weight excluding hydrogens is 216 g/mol. The van der Waals surface area contributed by atoms with Crippen molar-refractivity contribution in [3.8, 4) is 0 Å². The van der Waals surface area contributed by atoms with Gasteiger partial charge in [0.1, 0.15) is 6.29 Å². The van der Waals surface area contributed by atoms with Gasteiger partial charge in [-0.15, -0.1) is 19.7 Å². The molecule has 1 atom stereocenters. The highest BCUT2D eigenvalue weighted by Gasteiger charge is 2.48. The van der Waals surface area contributed by atoms with Crippen molar-refractivity contribution in [2.75, 3.05) is 0 Å². The molecule has 0 heterocycles. The monoisotopic (exact) mass is 235 g/mol. The van der Waals surface area contributed by atoms with Gasteiger partial charge in [-0.25, -0.2) is 0 Å². The Kier molecular flexibility index (Phi) is 5.89. The van der Waals surface area contributed by atoms with E-state index >= 15 is 0 Å². The first kappa shape index (κ1) is 14.8. The molecule has 0 fully saturated rings. The molecule has 0 spiro atoms. The minimum Gasteiger partial charge on any atom is -0.303 e. The SMILES string of the molecule is C=CC[Si](CC=C)(CC=C)C(C)([C]=O)C=O. The van der Waals surface area contributed by atoms with Crippen LogP contribution in [0.3, 0.4) is 0 Å². The second-order valence-electron chi connectivity index (χ2n) is 4.18. The summed E-state index contributed by atoms with van der Waals surface area (Å²) in [7, 11) is -2.20. The minimum atomic E-state index is -2.20. The van der Waals surface area contributed by atoms with Gasteiger partial charge in [-0.05, 0) is 25.1 Å². The van der Waals surface area contributed by atoms with Gasteiger partial charge in [-0.1, -0.05) is 18.2 Å². The summed E-state index contributed by atoms with van der Waals surface area (Å²) in [6.45, 7) is 12.8. The van der Waals surface area contributed by atoms with Crippen LogP contribution < -0.4 is 0 Å². The molecule has 0 saturated carbocycles. The van der Waals surface area contributed by atoms with Crippen molar-refractivity contribution in [2.45, 2.75) is 30.1 Å². The lowest BCUT2D eigenvalue weighted by atomic mass is 10.2. The first-order chi connectivity index (χ1) is 7.55. The normalized spacial score (nSPS) is 11.6. The minimum absolute atomic E-state index is 0.690. The van der Waals surface area contributed by atoms with Gasteiger partial charge in [-0.3, -0.25) is 4.79 Å². The van der Waals surface area contributed by atoms with Crippen LogP contribution in [0.25, 0.3) is 0 Å². The second kappa shape index (κ2) is 6.38. The lowest BCUT2D eigenvalue weighted by Crippen LogP contribution is -2.47. The van der Waals surface area contributed by atoms with E-state index in [1.165, 1.54) is 0 Å². The Labute approximate surface area is 98.8 Å². The topological polar surface area (TPSA) is 34.1 Å². The summed E-state index contributed by atoms with van der Waals surface area (Å²) < 4.78 is 0. The van der Waals surface area contributed by atoms with E-state index in [1.807, 2.05) is 6.29 Å². The van der Waals surface area contributed by atoms with Crippen LogP contribution in [-0.4, -0.2) is 20.6 Å². The quantitative estimate of drug-likeness (QED) is 0.266. The van der Waals surface area contributed by atoms with Crippen LogP contribution in [-0.2, 0) is 9.59 Å². The molecule has 0 aromatic carbocycles. The van der Waals surface area contributed by atoms with Crippen LogP contribution in [0.1, 0.15) is 6.92 Å². The van der Waals surface area contributed by atoms with Crippen molar-refractivity contribution in [3.05, 3.63) is 38.0 Å². The number of carbonyl (C=O) groups excluding carboxylic acids is 2. The Hall–Kier alpha value is -1.22. The van der Waals surface area contributed by atoms with Gasteiger partial charge in [0, 0.05) is 0 Å². The maximum Gasteiger partial charge on any atom is 0.209 e. The molecule has 2 nitrogen and oxygen atoms in total. The van der Waals surface area contributed by atoms with Crippen molar-refractivity contribution in [1.29, 1.82) is 0 Å². The van der Waals surface area contributed by atoms with Gasteiger partial charge in [0.25, 0.3) is 0 Å². The van der Waals surface area contributed by atoms with Crippen molar-refractivity contribution >= 4 is 20.6 Å². The van der Waals surface area contributed by atoms with Crippen LogP contribution in [0.4, 0.5) is 0 Å². The average molecular weight is 235 g/mol. The van der Waals surface area contributed by atoms with E-state index < -0.39 is 13.1 Å². The molecule has 0 aromatic rings. The molecule has 0 rings (SSSR count). The zero-order valence-electron chi connectivity index (χ0n) is 9.87. The van der Waals surface area contributed by atoms with Crippen LogP contribution in [0, 0.1) is 0 Å². The van der Waals surface area contributed by atoms with Crippen LogP contribution in [0.5, 0.6) is 0 Å². The average Bonchev–Trinajstić information content (AvgIpc) is 2.28. The molecule has 3 heteroatoms. The van der Waals surface area contributed by atoms with Crippen LogP contribution >= 0.6 is 0 Å². The molecule has 0 aliphatic carbocycles. The van der Waals surface area contributed by atoms with Crippen LogP contribution in [0.2, 0.25) is 23.2 Å². The van der Waals surface area contributed by atoms with Gasteiger partial charge >= 0.3 is 0 Å². The Balaban J connectivity index is 5.51. The van der Waals surface area contributed by atoms with Crippen molar-refractivity contribution in [3.63, 3.8) is 0 Å². The molecule has 0 N–H and O–H groups in total. The van der Waals surface area contributed by atoms with E-state index in [9.17, 15) is 9.59 Å². The number of hydrogen-bond donors (Lipinski definition) is 0. The lowest BCUT2D eigenvalue weighted by molar-refractivity contribution is -0.108. The summed E-state index contributed by atoms with van der Waals surface area (Å²) in [5.74, 6) is 0. The summed E-state index contributed by atoms with van der Waals surface area (Å²) in [6.07, 6.45) is 7.98. The van der Waals surface area contributed by atoms with E-state index in [-0.39, 0.29) is 0 Å². The number of allylic oxidation sites excluding steroid dienone is 3. The highest BCUT2D eigenvalue weighted by Crippen LogP contribution is 2.42. The summed E-state index contributed by atoms with van der Waals surface area (Å²) in [4.78, 5) is 22.3. The maximum absolute atomic E-state index is 11.2. The molecule has 1 unspecified atom stereocenters. The van der Waals surface area contributed by atoms with Crippen molar-refractivity contribution in [1.82, 2.24) is 0 Å². The number of carbonyl (C=O) groups is 1. The summed E-state index contributed by atoms with van der Waals surface area (Å²) in [5.41, 5.74) is 0. The van der Waals surface area contributed by atoms with E-state index in [0.29, 0.717) is 18.1 Å². The zero-order valence-corrected chi connectivity index (χ0v) is 10.9. The molecule has 0 aliphatic heterocycles. The standard InChI is InChI=1S/C13H19O2Si/c1-5-8-16(9-6-2,10-7-3)13(4,11-14)12-15/h5-7,11H,1-3,8-10H2,4H3. The number of aldehydes is 1. The fourth-order valence-corrected chi connectivity index (χ4v) is 5.87. The molecule has 0 aromatic heterocycles. The molecule has 0 bridgehead atoms. The largest absolute Gasteiger partial charge is 0.303 e. The summed E-state index contributed by atoms with van der Waals surface area (Å²) >= 11 is 0. The molecule has 0 amide bonds. The van der Waals surface area contributed by atoms with Crippen molar-refractivity contribution < 1.29 is 9.59 Å². The molecular formula is C13H19O2Si. The summed E-state index contributed by atoms with van der Waals surface area (Å²) in [6, 6.07) is 2.07. The lowest BCUT2D eigenvalue weighted by Gasteiger charge is -2.38. The molecule has 87 valence electrons. The van der Waals surface area contributed by atoms with Gasteiger partial charge in [-0.2, -0.15) is 0 Å². The fourth-order valence-electron chi connectivity index (χ4n) is 1.97.